The van der Waals surface area contributed by atoms with E-state index in [2.05, 4.69) is 30.0 Å². The van der Waals surface area contributed by atoms with Crippen molar-refractivity contribution in [1.29, 1.82) is 0 Å². The number of hydrogen-bond donors (Lipinski definition) is 1. The maximum absolute atomic E-state index is 12.1. The normalized spacial score (nSPS) is 11.6. The second kappa shape index (κ2) is 4.35. The number of fused-ring (bicyclic) bond motifs is 1. The summed E-state index contributed by atoms with van der Waals surface area (Å²) in [6.07, 6.45) is 0. The van der Waals surface area contributed by atoms with Crippen molar-refractivity contribution in [3.8, 4) is 10.4 Å². The third-order valence-electron chi connectivity index (χ3n) is 3.20. The Morgan fingerprint density at radius 2 is 2.21 bits per heavy atom. The fourth-order valence-electron chi connectivity index (χ4n) is 2.20. The summed E-state index contributed by atoms with van der Waals surface area (Å²) in [7, 11) is 0. The quantitative estimate of drug-likeness (QED) is 0.779. The van der Waals surface area contributed by atoms with Crippen molar-refractivity contribution in [2.75, 3.05) is 0 Å². The smallest absolute Gasteiger partial charge is 0.274 e. The van der Waals surface area contributed by atoms with Gasteiger partial charge < -0.3 is 4.98 Å². The predicted molar refractivity (Wildman–Crippen MR) is 78.0 cm³/mol. The molecule has 0 radical (unpaired) electrons. The molecule has 0 saturated heterocycles. The Kier molecular flexibility index (Phi) is 2.78. The summed E-state index contributed by atoms with van der Waals surface area (Å²) in [6, 6.07) is 5.69. The van der Waals surface area contributed by atoms with E-state index < -0.39 is 0 Å². The first-order valence-corrected chi connectivity index (χ1v) is 7.12. The molecule has 0 bridgehead atoms. The summed E-state index contributed by atoms with van der Waals surface area (Å²) in [5, 5.41) is 6.38. The Morgan fingerprint density at radius 1 is 1.42 bits per heavy atom. The second-order valence-electron chi connectivity index (χ2n) is 4.92. The van der Waals surface area contributed by atoms with Gasteiger partial charge in [-0.15, -0.1) is 11.3 Å². The molecule has 0 atom stereocenters. The molecule has 3 aromatic heterocycles. The van der Waals surface area contributed by atoms with Crippen LogP contribution >= 0.6 is 11.3 Å². The van der Waals surface area contributed by atoms with Gasteiger partial charge in [-0.05, 0) is 24.3 Å². The van der Waals surface area contributed by atoms with E-state index in [0.29, 0.717) is 0 Å². The first kappa shape index (κ1) is 12.2. The Hall–Kier alpha value is -1.88. The molecule has 98 valence electrons. The molecular formula is C14H15N3OS. The first-order chi connectivity index (χ1) is 9.08. The van der Waals surface area contributed by atoms with Crippen LogP contribution < -0.4 is 5.56 Å². The maximum Gasteiger partial charge on any atom is 0.274 e. The summed E-state index contributed by atoms with van der Waals surface area (Å²) < 4.78 is 1.45. The van der Waals surface area contributed by atoms with Crippen molar-refractivity contribution >= 4 is 17.0 Å². The number of aromatic amines is 1. The van der Waals surface area contributed by atoms with Crippen LogP contribution in [0.3, 0.4) is 0 Å². The number of hydrogen-bond acceptors (Lipinski definition) is 3. The van der Waals surface area contributed by atoms with E-state index in [-0.39, 0.29) is 11.5 Å². The molecule has 0 amide bonds. The van der Waals surface area contributed by atoms with Crippen LogP contribution in [0.1, 0.15) is 31.2 Å². The molecule has 19 heavy (non-hydrogen) atoms. The van der Waals surface area contributed by atoms with Crippen LogP contribution in [0.2, 0.25) is 0 Å². The zero-order chi connectivity index (χ0) is 13.6. The third-order valence-corrected chi connectivity index (χ3v) is 4.09. The van der Waals surface area contributed by atoms with Crippen molar-refractivity contribution in [2.45, 2.75) is 26.7 Å². The number of nitrogens with zero attached hydrogens (tertiary/aromatic N) is 2. The van der Waals surface area contributed by atoms with Crippen LogP contribution in [0.4, 0.5) is 0 Å². The summed E-state index contributed by atoms with van der Waals surface area (Å²) in [5.74, 6) is 0.282. The van der Waals surface area contributed by atoms with E-state index in [1.807, 2.05) is 18.4 Å². The maximum atomic E-state index is 12.1. The predicted octanol–water partition coefficient (Wildman–Crippen LogP) is 3.18. The van der Waals surface area contributed by atoms with Crippen LogP contribution in [0, 0.1) is 6.92 Å². The molecule has 5 heteroatoms. The Bertz CT molecular complexity index is 781. The van der Waals surface area contributed by atoms with E-state index >= 15 is 0 Å². The lowest BCUT2D eigenvalue weighted by atomic mass is 10.1. The summed E-state index contributed by atoms with van der Waals surface area (Å²) >= 11 is 1.65. The van der Waals surface area contributed by atoms with E-state index in [9.17, 15) is 4.79 Å². The van der Waals surface area contributed by atoms with Crippen LogP contribution in [0.5, 0.6) is 0 Å². The van der Waals surface area contributed by atoms with Gasteiger partial charge in [-0.1, -0.05) is 19.9 Å². The molecule has 0 fully saturated rings. The Morgan fingerprint density at radius 3 is 2.84 bits per heavy atom. The van der Waals surface area contributed by atoms with Gasteiger partial charge in [0, 0.05) is 16.6 Å². The Balaban J connectivity index is 2.39. The first-order valence-electron chi connectivity index (χ1n) is 6.24. The molecule has 1 N–H and O–H groups in total. The van der Waals surface area contributed by atoms with Crippen molar-refractivity contribution in [2.24, 2.45) is 0 Å². The number of aromatic nitrogens is 3. The van der Waals surface area contributed by atoms with E-state index in [1.165, 1.54) is 4.52 Å². The molecule has 4 nitrogen and oxygen atoms in total. The number of rotatable bonds is 2. The average molecular weight is 273 g/mol. The molecule has 0 aliphatic rings. The molecule has 3 rings (SSSR count). The number of aryl methyl sites for hydroxylation is 1. The fraction of sp³-hybridized carbons (Fsp3) is 0.286. The highest BCUT2D eigenvalue weighted by Gasteiger charge is 2.16. The lowest BCUT2D eigenvalue weighted by Crippen LogP contribution is -2.16. The van der Waals surface area contributed by atoms with Gasteiger partial charge in [0.25, 0.3) is 5.56 Å². The molecule has 0 saturated carbocycles. The number of thiophene rings is 1. The molecule has 3 heterocycles. The van der Waals surface area contributed by atoms with Gasteiger partial charge in [0.1, 0.15) is 5.65 Å². The highest BCUT2D eigenvalue weighted by atomic mass is 32.1. The summed E-state index contributed by atoms with van der Waals surface area (Å²) in [5.41, 5.74) is 3.54. The third kappa shape index (κ3) is 1.90. The highest BCUT2D eigenvalue weighted by molar-refractivity contribution is 7.13. The Labute approximate surface area is 114 Å². The van der Waals surface area contributed by atoms with Gasteiger partial charge in [-0.25, -0.2) is 0 Å². The zero-order valence-corrected chi connectivity index (χ0v) is 11.9. The van der Waals surface area contributed by atoms with Crippen LogP contribution in [0.25, 0.3) is 16.1 Å². The highest BCUT2D eigenvalue weighted by Crippen LogP contribution is 2.30. The SMILES string of the molecule is Cc1nn2c(=O)cc(C(C)C)[nH]c2c1-c1cccs1. The van der Waals surface area contributed by atoms with Crippen molar-refractivity contribution in [3.05, 3.63) is 45.3 Å². The van der Waals surface area contributed by atoms with Gasteiger partial charge in [0.2, 0.25) is 0 Å². The van der Waals surface area contributed by atoms with Crippen LogP contribution in [-0.4, -0.2) is 14.6 Å². The topological polar surface area (TPSA) is 50.2 Å². The van der Waals surface area contributed by atoms with Crippen molar-refractivity contribution in [1.82, 2.24) is 14.6 Å². The molecule has 0 spiro atoms. The number of nitrogens with one attached hydrogen (secondary N) is 1. The van der Waals surface area contributed by atoms with Gasteiger partial charge >= 0.3 is 0 Å². The van der Waals surface area contributed by atoms with E-state index in [0.717, 1.165) is 27.5 Å². The molecule has 0 unspecified atom stereocenters. The fourth-order valence-corrected chi connectivity index (χ4v) is 3.02. The lowest BCUT2D eigenvalue weighted by molar-refractivity contribution is 0.794. The zero-order valence-electron chi connectivity index (χ0n) is 11.1. The molecule has 0 aliphatic carbocycles. The van der Waals surface area contributed by atoms with Gasteiger partial charge in [0.15, 0.2) is 0 Å². The van der Waals surface area contributed by atoms with Crippen LogP contribution in [-0.2, 0) is 0 Å². The molecule has 0 aliphatic heterocycles. The van der Waals surface area contributed by atoms with Crippen molar-refractivity contribution in [3.63, 3.8) is 0 Å². The van der Waals surface area contributed by atoms with Gasteiger partial charge in [0.05, 0.1) is 11.3 Å². The van der Waals surface area contributed by atoms with Gasteiger partial charge in [-0.2, -0.15) is 9.61 Å². The lowest BCUT2D eigenvalue weighted by Gasteiger charge is -2.06. The summed E-state index contributed by atoms with van der Waals surface area (Å²) in [4.78, 5) is 16.6. The van der Waals surface area contributed by atoms with Crippen molar-refractivity contribution < 1.29 is 0 Å². The van der Waals surface area contributed by atoms with Gasteiger partial charge in [-0.3, -0.25) is 4.79 Å². The number of H-pyrrole nitrogens is 1. The molecular weight excluding hydrogens is 258 g/mol. The van der Waals surface area contributed by atoms with Crippen LogP contribution in [0.15, 0.2) is 28.4 Å². The monoisotopic (exact) mass is 273 g/mol. The largest absolute Gasteiger partial charge is 0.343 e. The second-order valence-corrected chi connectivity index (χ2v) is 5.86. The minimum Gasteiger partial charge on any atom is -0.343 e. The minimum absolute atomic E-state index is 0.0802. The molecule has 0 aromatic carbocycles. The average Bonchev–Trinajstić information content (AvgIpc) is 2.95. The van der Waals surface area contributed by atoms with E-state index in [4.69, 9.17) is 0 Å². The molecule has 3 aromatic rings. The summed E-state index contributed by atoms with van der Waals surface area (Å²) in [6.45, 7) is 6.07. The standard InChI is InChI=1S/C14H15N3OS/c1-8(2)10-7-12(18)17-14(15-10)13(9(3)16-17)11-5-4-6-19-11/h4-8,15H,1-3H3. The van der Waals surface area contributed by atoms with E-state index in [1.54, 1.807) is 17.4 Å². The minimum atomic E-state index is -0.0802.